The van der Waals surface area contributed by atoms with Crippen LogP contribution >= 0.6 is 0 Å². The summed E-state index contributed by atoms with van der Waals surface area (Å²) >= 11 is 0. The molecule has 1 aromatic rings. The molecule has 1 aromatic carbocycles. The Morgan fingerprint density at radius 1 is 0.938 bits per heavy atom. The lowest BCUT2D eigenvalue weighted by Crippen LogP contribution is -1.81. The predicted molar refractivity (Wildman–Crippen MR) is 73.2 cm³/mol. The molecule has 0 N–H and O–H groups in total. The van der Waals surface area contributed by atoms with Gasteiger partial charge < -0.3 is 0 Å². The van der Waals surface area contributed by atoms with Crippen LogP contribution in [0.4, 0.5) is 0 Å². The number of hydrogen-bond acceptors (Lipinski definition) is 0. The Hall–Kier alpha value is -1.82. The van der Waals surface area contributed by atoms with Crippen LogP contribution in [0.1, 0.15) is 19.4 Å². The Balaban J connectivity index is 3.07. The summed E-state index contributed by atoms with van der Waals surface area (Å²) in [6.07, 6.45) is 6.17. The molecule has 0 radical (unpaired) electrons. The average molecular weight is 210 g/mol. The van der Waals surface area contributed by atoms with Gasteiger partial charge >= 0.3 is 0 Å². The average Bonchev–Trinajstić information content (AvgIpc) is 2.25. The van der Waals surface area contributed by atoms with E-state index in [0.717, 1.165) is 16.7 Å². The zero-order valence-corrected chi connectivity index (χ0v) is 10.0. The molecule has 0 aliphatic rings. The molecule has 0 aliphatic carbocycles. The lowest BCUT2D eigenvalue weighted by Gasteiger charge is -2.02. The molecule has 0 saturated heterocycles. The molecule has 0 saturated carbocycles. The van der Waals surface area contributed by atoms with Crippen LogP contribution in [0, 0.1) is 0 Å². The van der Waals surface area contributed by atoms with Gasteiger partial charge in [0.05, 0.1) is 0 Å². The minimum Gasteiger partial charge on any atom is -0.0961 e. The summed E-state index contributed by atoms with van der Waals surface area (Å²) in [7, 11) is 0. The second kappa shape index (κ2) is 5.92. The molecule has 0 atom stereocenters. The van der Waals surface area contributed by atoms with E-state index in [-0.39, 0.29) is 0 Å². The van der Waals surface area contributed by atoms with E-state index in [1.807, 2.05) is 38.1 Å². The van der Waals surface area contributed by atoms with E-state index in [9.17, 15) is 0 Å². The van der Waals surface area contributed by atoms with E-state index in [1.165, 1.54) is 5.56 Å². The number of hydrogen-bond donors (Lipinski definition) is 0. The van der Waals surface area contributed by atoms with Crippen LogP contribution in [-0.2, 0) is 0 Å². The van der Waals surface area contributed by atoms with Gasteiger partial charge in [-0.1, -0.05) is 72.9 Å². The van der Waals surface area contributed by atoms with E-state index in [1.54, 1.807) is 0 Å². The SMILES string of the molecule is C=C(C)/C=C\C(=C/C(=C)C)c1ccccc1. The Morgan fingerprint density at radius 3 is 2.06 bits per heavy atom. The quantitative estimate of drug-likeness (QED) is 0.627. The zero-order chi connectivity index (χ0) is 12.0. The van der Waals surface area contributed by atoms with Gasteiger partial charge in [0, 0.05) is 0 Å². The maximum atomic E-state index is 3.91. The van der Waals surface area contributed by atoms with E-state index in [2.05, 4.69) is 37.4 Å². The van der Waals surface area contributed by atoms with Gasteiger partial charge in [-0.2, -0.15) is 0 Å². The maximum Gasteiger partial charge on any atom is -0.0182 e. The van der Waals surface area contributed by atoms with Gasteiger partial charge in [-0.05, 0) is 25.0 Å². The molecule has 0 bridgehead atoms. The van der Waals surface area contributed by atoms with E-state index in [0.29, 0.717) is 0 Å². The van der Waals surface area contributed by atoms with Crippen LogP contribution in [0.2, 0.25) is 0 Å². The topological polar surface area (TPSA) is 0 Å². The second-order valence-electron chi connectivity index (χ2n) is 3.99. The Kier molecular flexibility index (Phi) is 4.53. The van der Waals surface area contributed by atoms with Gasteiger partial charge in [0.15, 0.2) is 0 Å². The van der Waals surface area contributed by atoms with Crippen molar-refractivity contribution in [2.24, 2.45) is 0 Å². The molecular formula is C16H18. The molecular weight excluding hydrogens is 192 g/mol. The smallest absolute Gasteiger partial charge is 0.0182 e. The van der Waals surface area contributed by atoms with Crippen molar-refractivity contribution >= 4 is 5.57 Å². The van der Waals surface area contributed by atoms with E-state index < -0.39 is 0 Å². The monoisotopic (exact) mass is 210 g/mol. The summed E-state index contributed by atoms with van der Waals surface area (Å²) in [4.78, 5) is 0. The molecule has 0 heterocycles. The molecule has 0 nitrogen and oxygen atoms in total. The van der Waals surface area contributed by atoms with Gasteiger partial charge in [0.25, 0.3) is 0 Å². The molecule has 0 fully saturated rings. The maximum absolute atomic E-state index is 3.91. The number of allylic oxidation sites excluding steroid dienone is 6. The summed E-state index contributed by atoms with van der Waals surface area (Å²) < 4.78 is 0. The third kappa shape index (κ3) is 4.14. The molecule has 0 amide bonds. The summed E-state index contributed by atoms with van der Waals surface area (Å²) in [6, 6.07) is 10.3. The van der Waals surface area contributed by atoms with Crippen LogP contribution in [0.15, 0.2) is 72.9 Å². The highest BCUT2D eigenvalue weighted by Gasteiger charge is 1.96. The van der Waals surface area contributed by atoms with Gasteiger partial charge in [0.2, 0.25) is 0 Å². The van der Waals surface area contributed by atoms with Crippen molar-refractivity contribution in [2.45, 2.75) is 13.8 Å². The molecule has 0 unspecified atom stereocenters. The minimum atomic E-state index is 1.04. The highest BCUT2D eigenvalue weighted by Crippen LogP contribution is 2.18. The van der Waals surface area contributed by atoms with Gasteiger partial charge in [0.1, 0.15) is 0 Å². The molecule has 16 heavy (non-hydrogen) atoms. The first-order valence-electron chi connectivity index (χ1n) is 5.36. The standard InChI is InChI=1S/C16H18/c1-13(2)10-11-16(12-14(3)4)15-8-6-5-7-9-15/h5-12H,1,3H2,2,4H3/b11-10-,16-12+. The van der Waals surface area contributed by atoms with Gasteiger partial charge in [-0.15, -0.1) is 0 Å². The first kappa shape index (κ1) is 12.3. The largest absolute Gasteiger partial charge is 0.0961 e. The molecule has 0 heteroatoms. The van der Waals surface area contributed by atoms with E-state index in [4.69, 9.17) is 0 Å². The fourth-order valence-electron chi connectivity index (χ4n) is 1.36. The van der Waals surface area contributed by atoms with Crippen LogP contribution in [0.3, 0.4) is 0 Å². The Labute approximate surface area is 98.3 Å². The van der Waals surface area contributed by atoms with Crippen LogP contribution in [0.5, 0.6) is 0 Å². The summed E-state index contributed by atoms with van der Waals surface area (Å²) in [5.41, 5.74) is 4.45. The summed E-state index contributed by atoms with van der Waals surface area (Å²) in [5, 5.41) is 0. The third-order valence-electron chi connectivity index (χ3n) is 2.06. The van der Waals surface area contributed by atoms with E-state index >= 15 is 0 Å². The minimum absolute atomic E-state index is 1.04. The van der Waals surface area contributed by atoms with Crippen molar-refractivity contribution in [1.29, 1.82) is 0 Å². The van der Waals surface area contributed by atoms with Crippen LogP contribution in [0.25, 0.3) is 5.57 Å². The molecule has 1 rings (SSSR count). The first-order chi connectivity index (χ1) is 7.59. The van der Waals surface area contributed by atoms with Crippen molar-refractivity contribution in [3.8, 4) is 0 Å². The van der Waals surface area contributed by atoms with Gasteiger partial charge in [-0.25, -0.2) is 0 Å². The molecule has 82 valence electrons. The van der Waals surface area contributed by atoms with Crippen molar-refractivity contribution in [2.75, 3.05) is 0 Å². The van der Waals surface area contributed by atoms with Crippen molar-refractivity contribution < 1.29 is 0 Å². The molecule has 0 aliphatic heterocycles. The van der Waals surface area contributed by atoms with Crippen molar-refractivity contribution in [3.05, 3.63) is 78.4 Å². The fourth-order valence-corrected chi connectivity index (χ4v) is 1.36. The fraction of sp³-hybridized carbons (Fsp3) is 0.125. The van der Waals surface area contributed by atoms with Crippen LogP contribution in [-0.4, -0.2) is 0 Å². The predicted octanol–water partition coefficient (Wildman–Crippen LogP) is 4.78. The molecule has 0 aromatic heterocycles. The first-order valence-corrected chi connectivity index (χ1v) is 5.36. The van der Waals surface area contributed by atoms with Crippen molar-refractivity contribution in [3.63, 3.8) is 0 Å². The molecule has 0 spiro atoms. The second-order valence-corrected chi connectivity index (χ2v) is 3.99. The summed E-state index contributed by atoms with van der Waals surface area (Å²) in [5.74, 6) is 0. The van der Waals surface area contributed by atoms with Crippen LogP contribution < -0.4 is 0 Å². The van der Waals surface area contributed by atoms with Gasteiger partial charge in [-0.3, -0.25) is 0 Å². The highest BCUT2D eigenvalue weighted by molar-refractivity contribution is 5.76. The highest BCUT2D eigenvalue weighted by atomic mass is 14.0. The normalized spacial score (nSPS) is 11.8. The Morgan fingerprint density at radius 2 is 1.56 bits per heavy atom. The zero-order valence-electron chi connectivity index (χ0n) is 10.0. The van der Waals surface area contributed by atoms with Crippen molar-refractivity contribution in [1.82, 2.24) is 0 Å². The lowest BCUT2D eigenvalue weighted by atomic mass is 10.0. The summed E-state index contributed by atoms with van der Waals surface area (Å²) in [6.45, 7) is 11.8. The lowest BCUT2D eigenvalue weighted by molar-refractivity contribution is 1.52. The third-order valence-corrected chi connectivity index (χ3v) is 2.06. The number of rotatable bonds is 4. The number of benzene rings is 1. The Bertz CT molecular complexity index is 430.